The molecule has 0 aliphatic carbocycles. The summed E-state index contributed by atoms with van der Waals surface area (Å²) >= 11 is 0. The van der Waals surface area contributed by atoms with E-state index >= 15 is 0 Å². The Balaban J connectivity index is 2.27. The van der Waals surface area contributed by atoms with Crippen LogP contribution in [-0.4, -0.2) is 45.4 Å². The molecule has 0 heterocycles. The number of halogens is 2. The number of anilines is 1. The third-order valence-electron chi connectivity index (χ3n) is 5.07. The van der Waals surface area contributed by atoms with E-state index in [1.54, 1.807) is 33.8 Å². The minimum atomic E-state index is -3.69. The first-order valence-corrected chi connectivity index (χ1v) is 11.7. The highest BCUT2D eigenvalue weighted by atomic mass is 32.2. The summed E-state index contributed by atoms with van der Waals surface area (Å²) in [7, 11) is -2.37. The number of amides is 1. The number of rotatable bonds is 10. The molecule has 0 aliphatic rings. The Morgan fingerprint density at radius 3 is 2.36 bits per heavy atom. The molecule has 33 heavy (non-hydrogen) atoms. The average molecular weight is 483 g/mol. The van der Waals surface area contributed by atoms with Crippen LogP contribution >= 0.6 is 0 Å². The Morgan fingerprint density at radius 1 is 1.12 bits per heavy atom. The van der Waals surface area contributed by atoms with Gasteiger partial charge in [0.05, 0.1) is 12.0 Å². The Labute approximate surface area is 193 Å². The van der Waals surface area contributed by atoms with Gasteiger partial charge in [0.25, 0.3) is 0 Å². The molecule has 1 N–H and O–H groups in total. The number of aryl methyl sites for hydroxylation is 1. The minimum Gasteiger partial charge on any atom is -0.493 e. The van der Waals surface area contributed by atoms with Crippen molar-refractivity contribution in [1.82, 2.24) is 4.31 Å². The van der Waals surface area contributed by atoms with E-state index in [0.717, 1.165) is 11.1 Å². The summed E-state index contributed by atoms with van der Waals surface area (Å²) in [5.41, 5.74) is 2.37. The third kappa shape index (κ3) is 6.52. The molecular weight excluding hydrogens is 454 g/mol. The predicted molar refractivity (Wildman–Crippen MR) is 123 cm³/mol. The highest BCUT2D eigenvalue weighted by molar-refractivity contribution is 7.89. The fourth-order valence-corrected chi connectivity index (χ4v) is 4.72. The Kier molecular flexibility index (Phi) is 8.95. The van der Waals surface area contributed by atoms with Crippen molar-refractivity contribution in [1.29, 1.82) is 0 Å². The maximum absolute atomic E-state index is 12.9. The molecule has 7 nitrogen and oxygen atoms in total. The Bertz CT molecular complexity index is 1130. The van der Waals surface area contributed by atoms with E-state index in [-0.39, 0.29) is 16.4 Å². The van der Waals surface area contributed by atoms with E-state index < -0.39 is 22.5 Å². The molecule has 0 aromatic heterocycles. The standard InChI is InChI=1S/C23H28F2N2O5S/c1-6-27(7-2)33(29,30)18-12-15(3)16(4)19(14-18)26-22(28)11-9-17-8-10-20(32-23(24)25)21(13-17)31-5/h8-14,23H,6-7H2,1-5H3,(H,26,28)/b11-9+. The van der Waals surface area contributed by atoms with Crippen LogP contribution in [0, 0.1) is 13.8 Å². The first-order chi connectivity index (χ1) is 15.5. The number of carbonyl (C=O) groups excluding carboxylic acids is 1. The SMILES string of the molecule is CCN(CC)S(=O)(=O)c1cc(C)c(C)c(NC(=O)/C=C/c2ccc(OC(F)F)c(OC)c2)c1. The number of benzene rings is 2. The zero-order valence-corrected chi connectivity index (χ0v) is 20.0. The van der Waals surface area contributed by atoms with Crippen molar-refractivity contribution in [3.8, 4) is 11.5 Å². The molecule has 0 bridgehead atoms. The fraction of sp³-hybridized carbons (Fsp3) is 0.348. The van der Waals surface area contributed by atoms with Crippen LogP contribution in [0.5, 0.6) is 11.5 Å². The van der Waals surface area contributed by atoms with Crippen LogP contribution in [-0.2, 0) is 14.8 Å². The normalized spacial score (nSPS) is 11.9. The highest BCUT2D eigenvalue weighted by Crippen LogP contribution is 2.30. The smallest absolute Gasteiger partial charge is 0.387 e. The van der Waals surface area contributed by atoms with Crippen LogP contribution in [0.15, 0.2) is 41.3 Å². The van der Waals surface area contributed by atoms with Gasteiger partial charge < -0.3 is 14.8 Å². The molecule has 0 aliphatic heterocycles. The molecule has 0 fully saturated rings. The predicted octanol–water partition coefficient (Wildman–Crippen LogP) is 4.60. The van der Waals surface area contributed by atoms with Crippen molar-refractivity contribution >= 4 is 27.7 Å². The molecule has 180 valence electrons. The monoisotopic (exact) mass is 482 g/mol. The molecule has 0 unspecified atom stereocenters. The molecule has 2 rings (SSSR count). The summed E-state index contributed by atoms with van der Waals surface area (Å²) in [5, 5.41) is 2.71. The molecule has 0 saturated heterocycles. The maximum atomic E-state index is 12.9. The Hall–Kier alpha value is -2.98. The van der Waals surface area contributed by atoms with Crippen molar-refractivity contribution in [2.24, 2.45) is 0 Å². The van der Waals surface area contributed by atoms with Gasteiger partial charge in [-0.25, -0.2) is 8.42 Å². The Morgan fingerprint density at radius 2 is 1.79 bits per heavy atom. The first kappa shape index (κ1) is 26.3. The van der Waals surface area contributed by atoms with E-state index in [1.165, 1.54) is 47.8 Å². The van der Waals surface area contributed by atoms with Crippen molar-refractivity contribution in [2.75, 3.05) is 25.5 Å². The van der Waals surface area contributed by atoms with Gasteiger partial charge in [0.2, 0.25) is 15.9 Å². The maximum Gasteiger partial charge on any atom is 0.387 e. The summed E-state index contributed by atoms with van der Waals surface area (Å²) in [6, 6.07) is 7.30. The lowest BCUT2D eigenvalue weighted by atomic mass is 10.1. The van der Waals surface area contributed by atoms with Gasteiger partial charge in [-0.05, 0) is 60.9 Å². The van der Waals surface area contributed by atoms with Crippen molar-refractivity contribution in [2.45, 2.75) is 39.2 Å². The minimum absolute atomic E-state index is 0.0960. The van der Waals surface area contributed by atoms with Gasteiger partial charge in [0.1, 0.15) is 0 Å². The molecule has 0 radical (unpaired) electrons. The molecular formula is C23H28F2N2O5S. The van der Waals surface area contributed by atoms with Crippen LogP contribution in [0.3, 0.4) is 0 Å². The molecule has 1 amide bonds. The van der Waals surface area contributed by atoms with Crippen LogP contribution in [0.2, 0.25) is 0 Å². The van der Waals surface area contributed by atoms with Crippen LogP contribution in [0.4, 0.5) is 14.5 Å². The summed E-state index contributed by atoms with van der Waals surface area (Å²) in [6.45, 7) is 4.76. The van der Waals surface area contributed by atoms with Crippen LogP contribution < -0.4 is 14.8 Å². The third-order valence-corrected chi connectivity index (χ3v) is 7.10. The zero-order valence-electron chi connectivity index (χ0n) is 19.2. The first-order valence-electron chi connectivity index (χ1n) is 10.3. The molecule has 0 spiro atoms. The van der Waals surface area contributed by atoms with Crippen LogP contribution in [0.25, 0.3) is 6.08 Å². The lowest BCUT2D eigenvalue weighted by Gasteiger charge is -2.20. The number of hydrogen-bond donors (Lipinski definition) is 1. The lowest BCUT2D eigenvalue weighted by Crippen LogP contribution is -2.30. The summed E-state index contributed by atoms with van der Waals surface area (Å²) in [6.07, 6.45) is 2.73. The number of methoxy groups -OCH3 is 1. The number of carbonyl (C=O) groups is 1. The van der Waals surface area contributed by atoms with Gasteiger partial charge in [-0.3, -0.25) is 4.79 Å². The number of nitrogens with zero attached hydrogens (tertiary/aromatic N) is 1. The second-order valence-electron chi connectivity index (χ2n) is 7.11. The fourth-order valence-electron chi connectivity index (χ4n) is 3.15. The number of hydrogen-bond acceptors (Lipinski definition) is 5. The second kappa shape index (κ2) is 11.2. The van der Waals surface area contributed by atoms with E-state index in [9.17, 15) is 22.0 Å². The van der Waals surface area contributed by atoms with E-state index in [0.29, 0.717) is 24.3 Å². The van der Waals surface area contributed by atoms with Gasteiger partial charge in [-0.1, -0.05) is 19.9 Å². The van der Waals surface area contributed by atoms with Crippen LogP contribution in [0.1, 0.15) is 30.5 Å². The van der Waals surface area contributed by atoms with Crippen molar-refractivity contribution in [3.05, 3.63) is 53.1 Å². The van der Waals surface area contributed by atoms with Gasteiger partial charge in [-0.15, -0.1) is 0 Å². The largest absolute Gasteiger partial charge is 0.493 e. The number of nitrogens with one attached hydrogen (secondary N) is 1. The van der Waals surface area contributed by atoms with Gasteiger partial charge >= 0.3 is 6.61 Å². The quantitative estimate of drug-likeness (QED) is 0.501. The van der Waals surface area contributed by atoms with Crippen molar-refractivity contribution < 1.29 is 31.5 Å². The summed E-state index contributed by atoms with van der Waals surface area (Å²) < 4.78 is 61.5. The zero-order chi connectivity index (χ0) is 24.8. The second-order valence-corrected chi connectivity index (χ2v) is 9.05. The highest BCUT2D eigenvalue weighted by Gasteiger charge is 2.23. The van der Waals surface area contributed by atoms with Gasteiger partial charge in [0.15, 0.2) is 11.5 Å². The molecule has 0 saturated carbocycles. The van der Waals surface area contributed by atoms with E-state index in [1.807, 2.05) is 0 Å². The molecule has 2 aromatic carbocycles. The topological polar surface area (TPSA) is 84.9 Å². The average Bonchev–Trinajstić information content (AvgIpc) is 2.76. The van der Waals surface area contributed by atoms with Gasteiger partial charge in [-0.2, -0.15) is 13.1 Å². The lowest BCUT2D eigenvalue weighted by molar-refractivity contribution is -0.111. The van der Waals surface area contributed by atoms with E-state index in [2.05, 4.69) is 10.1 Å². The molecule has 10 heteroatoms. The van der Waals surface area contributed by atoms with E-state index in [4.69, 9.17) is 4.74 Å². The molecule has 2 aromatic rings. The molecule has 0 atom stereocenters. The van der Waals surface area contributed by atoms with Gasteiger partial charge in [0, 0.05) is 24.9 Å². The summed E-state index contributed by atoms with van der Waals surface area (Å²) in [5.74, 6) is -0.508. The number of sulfonamides is 1. The number of alkyl halides is 2. The summed E-state index contributed by atoms with van der Waals surface area (Å²) in [4.78, 5) is 12.6. The van der Waals surface area contributed by atoms with Crippen molar-refractivity contribution in [3.63, 3.8) is 0 Å². The number of ether oxygens (including phenoxy) is 2.